The molecule has 2 heterocycles. The first-order valence-corrected chi connectivity index (χ1v) is 10.4. The molecule has 0 saturated heterocycles. The van der Waals surface area contributed by atoms with Gasteiger partial charge in [0.15, 0.2) is 12.4 Å². The van der Waals surface area contributed by atoms with Gasteiger partial charge in [0, 0.05) is 27.8 Å². The Kier molecular flexibility index (Phi) is 5.57. The first kappa shape index (κ1) is 19.1. The molecule has 7 heteroatoms. The van der Waals surface area contributed by atoms with Crippen molar-refractivity contribution in [1.82, 2.24) is 20.1 Å². The molecule has 0 aliphatic rings. The van der Waals surface area contributed by atoms with Gasteiger partial charge in [0.2, 0.25) is 11.7 Å². The first-order valence-electron chi connectivity index (χ1n) is 9.13. The number of hydrogen-bond acceptors (Lipinski definition) is 7. The summed E-state index contributed by atoms with van der Waals surface area (Å²) >= 11 is 1.69. The van der Waals surface area contributed by atoms with Crippen LogP contribution in [-0.2, 0) is 6.61 Å². The lowest BCUT2D eigenvalue weighted by molar-refractivity contribution is 0.235. The van der Waals surface area contributed by atoms with Crippen LogP contribution in [0.4, 0.5) is 0 Å². The van der Waals surface area contributed by atoms with Crippen molar-refractivity contribution in [3.05, 3.63) is 71.7 Å². The van der Waals surface area contributed by atoms with E-state index in [9.17, 15) is 0 Å². The van der Waals surface area contributed by atoms with E-state index in [0.29, 0.717) is 23.4 Å². The predicted molar refractivity (Wildman–Crippen MR) is 113 cm³/mol. The number of ether oxygens (including phenoxy) is 1. The summed E-state index contributed by atoms with van der Waals surface area (Å²) in [6.07, 6.45) is 2.04. The maximum atomic E-state index is 5.79. The van der Waals surface area contributed by atoms with Gasteiger partial charge in [-0.3, -0.25) is 0 Å². The molecule has 2 aromatic heterocycles. The molecule has 0 unspecified atom stereocenters. The molecule has 0 aliphatic carbocycles. The van der Waals surface area contributed by atoms with Crippen LogP contribution in [0.25, 0.3) is 22.8 Å². The molecule has 0 saturated carbocycles. The third-order valence-corrected chi connectivity index (χ3v) is 5.04. The van der Waals surface area contributed by atoms with E-state index in [1.54, 1.807) is 17.8 Å². The third-order valence-electron chi connectivity index (χ3n) is 4.30. The van der Waals surface area contributed by atoms with Crippen molar-refractivity contribution >= 4 is 11.8 Å². The molecule has 29 heavy (non-hydrogen) atoms. The van der Waals surface area contributed by atoms with Crippen LogP contribution in [0, 0.1) is 13.8 Å². The van der Waals surface area contributed by atoms with Crippen molar-refractivity contribution in [2.75, 3.05) is 6.26 Å². The second kappa shape index (κ2) is 8.45. The number of benzene rings is 2. The highest BCUT2D eigenvalue weighted by Crippen LogP contribution is 2.22. The number of thioether (sulfide) groups is 1. The molecule has 4 aromatic rings. The van der Waals surface area contributed by atoms with E-state index in [1.165, 1.54) is 10.5 Å². The Morgan fingerprint density at radius 2 is 1.55 bits per heavy atom. The van der Waals surface area contributed by atoms with Crippen LogP contribution < -0.4 is 4.74 Å². The molecule has 6 nitrogen and oxygen atoms in total. The molecule has 0 fully saturated rings. The molecule has 146 valence electrons. The van der Waals surface area contributed by atoms with Crippen molar-refractivity contribution in [2.24, 2.45) is 0 Å². The standard InChI is InChI=1S/C22H20N4O2S/c1-14-4-6-16(7-5-14)21-23-15(2)12-19(24-21)27-13-20-25-22(26-28-20)17-8-10-18(29-3)11-9-17/h4-12H,13H2,1-3H3. The Morgan fingerprint density at radius 3 is 2.28 bits per heavy atom. The summed E-state index contributed by atoms with van der Waals surface area (Å²) in [5.74, 6) is 2.02. The van der Waals surface area contributed by atoms with Crippen LogP contribution >= 0.6 is 11.8 Å². The highest BCUT2D eigenvalue weighted by atomic mass is 32.2. The summed E-state index contributed by atoms with van der Waals surface area (Å²) in [5, 5.41) is 4.04. The summed E-state index contributed by atoms with van der Waals surface area (Å²) in [7, 11) is 0. The van der Waals surface area contributed by atoms with E-state index in [-0.39, 0.29) is 6.61 Å². The van der Waals surface area contributed by atoms with E-state index in [4.69, 9.17) is 9.26 Å². The summed E-state index contributed by atoms with van der Waals surface area (Å²) < 4.78 is 11.1. The largest absolute Gasteiger partial charge is 0.467 e. The number of rotatable bonds is 6. The van der Waals surface area contributed by atoms with Crippen molar-refractivity contribution in [3.63, 3.8) is 0 Å². The van der Waals surface area contributed by atoms with Crippen LogP contribution in [0.3, 0.4) is 0 Å². The molecule has 0 N–H and O–H groups in total. The van der Waals surface area contributed by atoms with Crippen molar-refractivity contribution in [3.8, 4) is 28.7 Å². The molecule has 2 aromatic carbocycles. The monoisotopic (exact) mass is 404 g/mol. The summed E-state index contributed by atoms with van der Waals surface area (Å²) in [6, 6.07) is 17.9. The quantitative estimate of drug-likeness (QED) is 0.413. The molecule has 0 atom stereocenters. The van der Waals surface area contributed by atoms with Gasteiger partial charge in [0.25, 0.3) is 5.89 Å². The number of aryl methyl sites for hydroxylation is 2. The first-order chi connectivity index (χ1) is 14.1. The topological polar surface area (TPSA) is 73.9 Å². The minimum Gasteiger partial charge on any atom is -0.467 e. The molecular formula is C22H20N4O2S. The van der Waals surface area contributed by atoms with Gasteiger partial charge in [-0.1, -0.05) is 35.0 Å². The fourth-order valence-electron chi connectivity index (χ4n) is 2.75. The summed E-state index contributed by atoms with van der Waals surface area (Å²) in [6.45, 7) is 4.10. The molecule has 0 spiro atoms. The lowest BCUT2D eigenvalue weighted by atomic mass is 10.1. The maximum Gasteiger partial charge on any atom is 0.264 e. The van der Waals surface area contributed by atoms with Gasteiger partial charge in [-0.25, -0.2) is 4.98 Å². The SMILES string of the molecule is CSc1ccc(-c2noc(COc3cc(C)nc(-c4ccc(C)cc4)n3)n2)cc1. The van der Waals surface area contributed by atoms with Crippen LogP contribution in [0.1, 0.15) is 17.1 Å². The highest BCUT2D eigenvalue weighted by Gasteiger charge is 2.11. The number of nitrogens with zero attached hydrogens (tertiary/aromatic N) is 4. The van der Waals surface area contributed by atoms with Crippen LogP contribution in [0.2, 0.25) is 0 Å². The predicted octanol–water partition coefficient (Wildman–Crippen LogP) is 5.11. The van der Waals surface area contributed by atoms with Gasteiger partial charge in [0.1, 0.15) is 0 Å². The Hall–Kier alpha value is -3.19. The van der Waals surface area contributed by atoms with E-state index < -0.39 is 0 Å². The van der Waals surface area contributed by atoms with Gasteiger partial charge in [-0.05, 0) is 44.4 Å². The van der Waals surface area contributed by atoms with Crippen LogP contribution in [0.5, 0.6) is 5.88 Å². The Morgan fingerprint density at radius 1 is 0.862 bits per heavy atom. The Labute approximate surface area is 173 Å². The van der Waals surface area contributed by atoms with Crippen LogP contribution in [-0.4, -0.2) is 26.4 Å². The van der Waals surface area contributed by atoms with E-state index in [1.807, 2.05) is 68.6 Å². The summed E-state index contributed by atoms with van der Waals surface area (Å²) in [5.41, 5.74) is 3.86. The van der Waals surface area contributed by atoms with Gasteiger partial charge in [-0.2, -0.15) is 9.97 Å². The molecule has 0 aliphatic heterocycles. The lowest BCUT2D eigenvalue weighted by Crippen LogP contribution is -2.01. The minimum atomic E-state index is 0.139. The molecule has 4 rings (SSSR count). The van der Waals surface area contributed by atoms with E-state index in [0.717, 1.165) is 16.8 Å². The van der Waals surface area contributed by atoms with Gasteiger partial charge in [-0.15, -0.1) is 11.8 Å². The normalized spacial score (nSPS) is 10.9. The smallest absolute Gasteiger partial charge is 0.264 e. The average Bonchev–Trinajstić information content (AvgIpc) is 3.21. The zero-order valence-electron chi connectivity index (χ0n) is 16.4. The van der Waals surface area contributed by atoms with E-state index in [2.05, 4.69) is 20.1 Å². The second-order valence-corrected chi connectivity index (χ2v) is 7.45. The zero-order chi connectivity index (χ0) is 20.2. The Balaban J connectivity index is 1.48. The number of hydrogen-bond donors (Lipinski definition) is 0. The lowest BCUT2D eigenvalue weighted by Gasteiger charge is -2.07. The minimum absolute atomic E-state index is 0.139. The average molecular weight is 404 g/mol. The molecule has 0 radical (unpaired) electrons. The van der Waals surface area contributed by atoms with Crippen molar-refractivity contribution in [1.29, 1.82) is 0 Å². The fraction of sp³-hybridized carbons (Fsp3) is 0.182. The third kappa shape index (κ3) is 4.63. The van der Waals surface area contributed by atoms with E-state index >= 15 is 0 Å². The highest BCUT2D eigenvalue weighted by molar-refractivity contribution is 7.98. The van der Waals surface area contributed by atoms with Gasteiger partial charge in [0.05, 0.1) is 0 Å². The second-order valence-electron chi connectivity index (χ2n) is 6.57. The van der Waals surface area contributed by atoms with Gasteiger partial charge < -0.3 is 9.26 Å². The maximum absolute atomic E-state index is 5.79. The molecular weight excluding hydrogens is 384 g/mol. The summed E-state index contributed by atoms with van der Waals surface area (Å²) in [4.78, 5) is 14.6. The van der Waals surface area contributed by atoms with Gasteiger partial charge >= 0.3 is 0 Å². The zero-order valence-corrected chi connectivity index (χ0v) is 17.2. The molecule has 0 bridgehead atoms. The Bertz CT molecular complexity index is 1110. The van der Waals surface area contributed by atoms with Crippen molar-refractivity contribution < 1.29 is 9.26 Å². The number of aromatic nitrogens is 4. The van der Waals surface area contributed by atoms with Crippen molar-refractivity contribution in [2.45, 2.75) is 25.3 Å². The fourth-order valence-corrected chi connectivity index (χ4v) is 3.16. The molecule has 0 amide bonds. The van der Waals surface area contributed by atoms with Crippen LogP contribution in [0.15, 0.2) is 64.0 Å².